The number of carbonyl (C=O) groups excluding carboxylic acids is 1. The molecule has 0 radical (unpaired) electrons. The van der Waals surface area contributed by atoms with Gasteiger partial charge in [0.05, 0.1) is 18.7 Å². The van der Waals surface area contributed by atoms with Gasteiger partial charge in [0.1, 0.15) is 12.1 Å². The van der Waals surface area contributed by atoms with Crippen molar-refractivity contribution < 1.29 is 13.9 Å². The molecule has 1 atom stereocenters. The minimum atomic E-state index is -0.234. The fourth-order valence-electron chi connectivity index (χ4n) is 4.54. The SMILES string of the molecule is COCCC(=O)NC(CCN1CCC(n2cnc(Cc3ccc(F)cc3)n2)CC1)c1ccccc1. The van der Waals surface area contributed by atoms with E-state index in [-0.39, 0.29) is 17.8 Å². The normalized spacial score (nSPS) is 15.7. The number of likely N-dealkylation sites (tertiary alicyclic amines) is 1. The Bertz CT molecular complexity index is 1050. The fourth-order valence-corrected chi connectivity index (χ4v) is 4.54. The van der Waals surface area contributed by atoms with E-state index < -0.39 is 0 Å². The molecule has 186 valence electrons. The van der Waals surface area contributed by atoms with Gasteiger partial charge in [-0.05, 0) is 42.5 Å². The van der Waals surface area contributed by atoms with E-state index in [1.165, 1.54) is 12.1 Å². The van der Waals surface area contributed by atoms with Gasteiger partial charge in [-0.1, -0.05) is 42.5 Å². The maximum absolute atomic E-state index is 13.1. The third-order valence-corrected chi connectivity index (χ3v) is 6.57. The van der Waals surface area contributed by atoms with Crippen LogP contribution in [0.5, 0.6) is 0 Å². The van der Waals surface area contributed by atoms with Crippen LogP contribution in [0.25, 0.3) is 0 Å². The van der Waals surface area contributed by atoms with E-state index in [9.17, 15) is 9.18 Å². The molecule has 4 rings (SSSR count). The Kier molecular flexibility index (Phi) is 8.97. The molecular weight excluding hydrogens is 445 g/mol. The van der Waals surface area contributed by atoms with Crippen molar-refractivity contribution in [3.8, 4) is 0 Å². The second-order valence-electron chi connectivity index (χ2n) is 9.08. The molecular formula is C27H34FN5O2. The van der Waals surface area contributed by atoms with Gasteiger partial charge in [0.15, 0.2) is 5.82 Å². The largest absolute Gasteiger partial charge is 0.384 e. The van der Waals surface area contributed by atoms with Crippen LogP contribution in [0.15, 0.2) is 60.9 Å². The van der Waals surface area contributed by atoms with Crippen molar-refractivity contribution in [3.63, 3.8) is 0 Å². The highest BCUT2D eigenvalue weighted by Gasteiger charge is 2.23. The van der Waals surface area contributed by atoms with Gasteiger partial charge in [-0.3, -0.25) is 4.79 Å². The number of benzene rings is 2. The van der Waals surface area contributed by atoms with E-state index in [4.69, 9.17) is 4.74 Å². The van der Waals surface area contributed by atoms with Gasteiger partial charge < -0.3 is 15.0 Å². The number of carbonyl (C=O) groups is 1. The number of rotatable bonds is 11. The zero-order valence-electron chi connectivity index (χ0n) is 20.3. The standard InChI is InChI=1S/C27H34FN5O2/c1-35-18-14-27(34)30-25(22-5-3-2-4-6-22)13-17-32-15-11-24(12-16-32)33-20-29-26(31-33)19-21-7-9-23(28)10-8-21/h2-10,20,24-25H,11-19H2,1H3,(H,30,34). The van der Waals surface area contributed by atoms with E-state index in [1.807, 2.05) is 29.2 Å². The quantitative estimate of drug-likeness (QED) is 0.451. The van der Waals surface area contributed by atoms with Gasteiger partial charge >= 0.3 is 0 Å². The number of aromatic nitrogens is 3. The number of hydrogen-bond acceptors (Lipinski definition) is 5. The monoisotopic (exact) mass is 479 g/mol. The number of ether oxygens (including phenoxy) is 1. The third kappa shape index (κ3) is 7.44. The average molecular weight is 480 g/mol. The van der Waals surface area contributed by atoms with Crippen LogP contribution in [-0.4, -0.2) is 58.9 Å². The summed E-state index contributed by atoms with van der Waals surface area (Å²) in [6.07, 6.45) is 5.67. The van der Waals surface area contributed by atoms with Crippen LogP contribution in [0.1, 0.15) is 54.7 Å². The highest BCUT2D eigenvalue weighted by atomic mass is 19.1. The molecule has 0 spiro atoms. The number of hydrogen-bond donors (Lipinski definition) is 1. The smallest absolute Gasteiger partial charge is 0.222 e. The van der Waals surface area contributed by atoms with Gasteiger partial charge in [0.2, 0.25) is 5.91 Å². The highest BCUT2D eigenvalue weighted by Crippen LogP contribution is 2.24. The summed E-state index contributed by atoms with van der Waals surface area (Å²) in [5.74, 6) is 0.540. The second-order valence-corrected chi connectivity index (χ2v) is 9.08. The molecule has 7 nitrogen and oxygen atoms in total. The number of methoxy groups -OCH3 is 1. The molecule has 1 aliphatic heterocycles. The number of nitrogens with zero attached hydrogens (tertiary/aromatic N) is 4. The van der Waals surface area contributed by atoms with E-state index in [0.717, 1.165) is 55.8 Å². The van der Waals surface area contributed by atoms with Crippen molar-refractivity contribution in [2.45, 2.75) is 44.2 Å². The summed E-state index contributed by atoms with van der Waals surface area (Å²) in [5, 5.41) is 7.86. The van der Waals surface area contributed by atoms with Crippen LogP contribution >= 0.6 is 0 Å². The summed E-state index contributed by atoms with van der Waals surface area (Å²) in [7, 11) is 1.61. The molecule has 35 heavy (non-hydrogen) atoms. The van der Waals surface area contributed by atoms with Crippen LogP contribution in [0.4, 0.5) is 4.39 Å². The van der Waals surface area contributed by atoms with Crippen molar-refractivity contribution in [2.24, 2.45) is 0 Å². The predicted molar refractivity (Wildman–Crippen MR) is 132 cm³/mol. The molecule has 1 aliphatic rings. The first-order chi connectivity index (χ1) is 17.1. The van der Waals surface area contributed by atoms with Crippen molar-refractivity contribution in [3.05, 3.63) is 83.7 Å². The molecule has 2 heterocycles. The van der Waals surface area contributed by atoms with Gasteiger partial charge in [-0.2, -0.15) is 5.10 Å². The molecule has 1 unspecified atom stereocenters. The molecule has 1 aromatic heterocycles. The molecule has 3 aromatic rings. The van der Waals surface area contributed by atoms with Crippen LogP contribution in [0.2, 0.25) is 0 Å². The second kappa shape index (κ2) is 12.6. The molecule has 2 aromatic carbocycles. The van der Waals surface area contributed by atoms with Gasteiger partial charge in [0, 0.05) is 39.6 Å². The van der Waals surface area contributed by atoms with Crippen LogP contribution in [-0.2, 0) is 16.0 Å². The lowest BCUT2D eigenvalue weighted by molar-refractivity contribution is -0.122. The summed E-state index contributed by atoms with van der Waals surface area (Å²) in [6.45, 7) is 3.31. The molecule has 1 amide bonds. The molecule has 8 heteroatoms. The lowest BCUT2D eigenvalue weighted by atomic mass is 10.0. The maximum Gasteiger partial charge on any atom is 0.222 e. The molecule has 0 aliphatic carbocycles. The van der Waals surface area contributed by atoms with Gasteiger partial charge in [-0.25, -0.2) is 14.1 Å². The van der Waals surface area contributed by atoms with E-state index in [1.54, 1.807) is 19.2 Å². The average Bonchev–Trinajstić information content (AvgIpc) is 3.36. The van der Waals surface area contributed by atoms with E-state index >= 15 is 0 Å². The zero-order chi connectivity index (χ0) is 24.5. The molecule has 0 saturated carbocycles. The Hall–Kier alpha value is -3.10. The molecule has 0 bridgehead atoms. The third-order valence-electron chi connectivity index (χ3n) is 6.57. The van der Waals surface area contributed by atoms with E-state index in [2.05, 4.69) is 32.4 Å². The Morgan fingerprint density at radius 2 is 1.89 bits per heavy atom. The first kappa shape index (κ1) is 25.0. The Morgan fingerprint density at radius 3 is 2.60 bits per heavy atom. The topological polar surface area (TPSA) is 72.3 Å². The minimum Gasteiger partial charge on any atom is -0.384 e. The Labute approximate surface area is 206 Å². The summed E-state index contributed by atoms with van der Waals surface area (Å²) >= 11 is 0. The van der Waals surface area contributed by atoms with E-state index in [0.29, 0.717) is 25.5 Å². The minimum absolute atomic E-state index is 0.0115. The number of nitrogens with one attached hydrogen (secondary N) is 1. The summed E-state index contributed by atoms with van der Waals surface area (Å²) in [6, 6.07) is 17.0. The Balaban J connectivity index is 1.26. The number of amides is 1. The van der Waals surface area contributed by atoms with Crippen molar-refractivity contribution in [1.82, 2.24) is 25.0 Å². The first-order valence-corrected chi connectivity index (χ1v) is 12.3. The summed E-state index contributed by atoms with van der Waals surface area (Å²) in [5.41, 5.74) is 2.13. The lowest BCUT2D eigenvalue weighted by Gasteiger charge is -2.33. The summed E-state index contributed by atoms with van der Waals surface area (Å²) in [4.78, 5) is 19.3. The molecule has 1 fully saturated rings. The van der Waals surface area contributed by atoms with Gasteiger partial charge in [0.25, 0.3) is 0 Å². The maximum atomic E-state index is 13.1. The van der Waals surface area contributed by atoms with Crippen LogP contribution in [0, 0.1) is 5.82 Å². The lowest BCUT2D eigenvalue weighted by Crippen LogP contribution is -2.38. The van der Waals surface area contributed by atoms with Gasteiger partial charge in [-0.15, -0.1) is 0 Å². The van der Waals surface area contributed by atoms with Crippen LogP contribution in [0.3, 0.4) is 0 Å². The number of piperidine rings is 1. The first-order valence-electron chi connectivity index (χ1n) is 12.3. The summed E-state index contributed by atoms with van der Waals surface area (Å²) < 4.78 is 20.2. The molecule has 1 saturated heterocycles. The van der Waals surface area contributed by atoms with Crippen molar-refractivity contribution in [1.29, 1.82) is 0 Å². The highest BCUT2D eigenvalue weighted by molar-refractivity contribution is 5.76. The molecule has 1 N–H and O–H groups in total. The zero-order valence-corrected chi connectivity index (χ0v) is 20.3. The number of halogens is 1. The Morgan fingerprint density at radius 1 is 1.14 bits per heavy atom. The van der Waals surface area contributed by atoms with Crippen LogP contribution < -0.4 is 5.32 Å². The van der Waals surface area contributed by atoms with Crippen molar-refractivity contribution >= 4 is 5.91 Å². The predicted octanol–water partition coefficient (Wildman–Crippen LogP) is 3.93. The fraction of sp³-hybridized carbons (Fsp3) is 0.444. The van der Waals surface area contributed by atoms with Crippen molar-refractivity contribution in [2.75, 3.05) is 33.4 Å².